The number of aliphatic carboxylic acids is 1. The molecule has 2 aromatic carbocycles. The summed E-state index contributed by atoms with van der Waals surface area (Å²) in [7, 11) is 0. The number of rotatable bonds is 8. The highest BCUT2D eigenvalue weighted by Crippen LogP contribution is 2.38. The van der Waals surface area contributed by atoms with Crippen molar-refractivity contribution in [1.82, 2.24) is 4.57 Å². The number of carboxylic acid groups (broad SMARTS) is 1. The van der Waals surface area contributed by atoms with Crippen LogP contribution < -0.4 is 0 Å². The Bertz CT molecular complexity index is 1200. The zero-order valence-corrected chi connectivity index (χ0v) is 20.6. The van der Waals surface area contributed by atoms with Crippen molar-refractivity contribution in [1.29, 1.82) is 0 Å². The second kappa shape index (κ2) is 8.98. The van der Waals surface area contributed by atoms with Gasteiger partial charge in [-0.05, 0) is 74.4 Å². The van der Waals surface area contributed by atoms with Crippen LogP contribution >= 0.6 is 11.6 Å². The zero-order valence-electron chi connectivity index (χ0n) is 19.8. The number of fused-ring (bicyclic) bond motifs is 1. The third-order valence-electron chi connectivity index (χ3n) is 7.05. The van der Waals surface area contributed by atoms with Gasteiger partial charge >= 0.3 is 5.97 Å². The normalized spacial score (nSPS) is 14.6. The summed E-state index contributed by atoms with van der Waals surface area (Å²) in [6.07, 6.45) is 3.86. The SMILES string of the molecule is CC(C)c1ccc2c(C(=O)c3ccc(Cl)cc3)c(CC(C)(C)C(=O)O)n(CC3CCC3)c2c1. The molecule has 0 spiro atoms. The summed E-state index contributed by atoms with van der Waals surface area (Å²) in [4.78, 5) is 25.9. The van der Waals surface area contributed by atoms with E-state index in [9.17, 15) is 14.7 Å². The van der Waals surface area contributed by atoms with Crippen molar-refractivity contribution in [3.63, 3.8) is 0 Å². The Balaban J connectivity index is 1.97. The monoisotopic (exact) mass is 465 g/mol. The molecule has 0 atom stereocenters. The van der Waals surface area contributed by atoms with E-state index in [2.05, 4.69) is 30.5 Å². The second-order valence-corrected chi connectivity index (χ2v) is 10.8. The molecule has 33 heavy (non-hydrogen) atoms. The Hall–Kier alpha value is -2.59. The third kappa shape index (κ3) is 4.59. The maximum absolute atomic E-state index is 13.8. The van der Waals surface area contributed by atoms with Gasteiger partial charge in [0.15, 0.2) is 5.78 Å². The van der Waals surface area contributed by atoms with E-state index in [1.54, 1.807) is 38.1 Å². The largest absolute Gasteiger partial charge is 0.481 e. The molecule has 1 fully saturated rings. The van der Waals surface area contributed by atoms with E-state index in [1.807, 2.05) is 6.07 Å². The number of ketones is 1. The molecule has 5 heteroatoms. The van der Waals surface area contributed by atoms with Gasteiger partial charge in [0.2, 0.25) is 0 Å². The van der Waals surface area contributed by atoms with Crippen molar-refractivity contribution in [2.45, 2.75) is 65.8 Å². The standard InChI is InChI=1S/C28H32ClNO3/c1-17(2)20-10-13-22-23(14-20)30(16-18-6-5-7-18)24(15-28(3,4)27(32)33)25(22)26(31)19-8-11-21(29)12-9-19/h8-14,17-18H,5-7,15-16H2,1-4H3,(H,32,33). The number of benzene rings is 2. The van der Waals surface area contributed by atoms with Gasteiger partial charge < -0.3 is 9.67 Å². The van der Waals surface area contributed by atoms with Crippen LogP contribution in [0, 0.1) is 11.3 Å². The molecule has 174 valence electrons. The Morgan fingerprint density at radius 2 is 1.79 bits per heavy atom. The van der Waals surface area contributed by atoms with Crippen LogP contribution in [0.2, 0.25) is 5.02 Å². The number of nitrogens with zero attached hydrogens (tertiary/aromatic N) is 1. The maximum atomic E-state index is 13.8. The van der Waals surface area contributed by atoms with Gasteiger partial charge in [0, 0.05) is 40.1 Å². The lowest BCUT2D eigenvalue weighted by molar-refractivity contribution is -0.146. The van der Waals surface area contributed by atoms with Gasteiger partial charge in [-0.15, -0.1) is 0 Å². The first kappa shape index (κ1) is 23.6. The summed E-state index contributed by atoms with van der Waals surface area (Å²) in [5.74, 6) is -0.0301. The van der Waals surface area contributed by atoms with Gasteiger partial charge in [-0.3, -0.25) is 9.59 Å². The zero-order chi connectivity index (χ0) is 23.9. The topological polar surface area (TPSA) is 59.3 Å². The predicted molar refractivity (Wildman–Crippen MR) is 133 cm³/mol. The smallest absolute Gasteiger partial charge is 0.309 e. The van der Waals surface area contributed by atoms with Gasteiger partial charge in [-0.1, -0.05) is 44.0 Å². The number of hydrogen-bond donors (Lipinski definition) is 1. The number of halogens is 1. The van der Waals surface area contributed by atoms with Crippen LogP contribution in [0.5, 0.6) is 0 Å². The van der Waals surface area contributed by atoms with Crippen LogP contribution in [0.4, 0.5) is 0 Å². The number of aromatic nitrogens is 1. The molecule has 1 aromatic heterocycles. The summed E-state index contributed by atoms with van der Waals surface area (Å²) in [5, 5.41) is 11.4. The first-order valence-corrected chi connectivity index (χ1v) is 12.1. The molecule has 0 bridgehead atoms. The molecule has 4 rings (SSSR count). The summed E-state index contributed by atoms with van der Waals surface area (Å²) in [5.41, 5.74) is 3.25. The molecular formula is C28H32ClNO3. The summed E-state index contributed by atoms with van der Waals surface area (Å²) in [6, 6.07) is 13.3. The first-order valence-electron chi connectivity index (χ1n) is 11.8. The van der Waals surface area contributed by atoms with Crippen molar-refractivity contribution < 1.29 is 14.7 Å². The first-order chi connectivity index (χ1) is 15.6. The molecule has 0 amide bonds. The Morgan fingerprint density at radius 1 is 1.12 bits per heavy atom. The number of carboxylic acids is 1. The minimum Gasteiger partial charge on any atom is -0.481 e. The highest BCUT2D eigenvalue weighted by molar-refractivity contribution is 6.30. The van der Waals surface area contributed by atoms with E-state index in [-0.39, 0.29) is 12.2 Å². The lowest BCUT2D eigenvalue weighted by Crippen LogP contribution is -2.29. The minimum atomic E-state index is -0.998. The number of carbonyl (C=O) groups is 2. The summed E-state index contributed by atoms with van der Waals surface area (Å²) < 4.78 is 2.25. The van der Waals surface area contributed by atoms with Crippen LogP contribution in [0.15, 0.2) is 42.5 Å². The molecule has 1 aliphatic carbocycles. The van der Waals surface area contributed by atoms with Crippen molar-refractivity contribution >= 4 is 34.3 Å². The molecule has 1 saturated carbocycles. The predicted octanol–water partition coefficient (Wildman–Crippen LogP) is 7.10. The molecule has 1 heterocycles. The summed E-state index contributed by atoms with van der Waals surface area (Å²) >= 11 is 6.06. The molecular weight excluding hydrogens is 434 g/mol. The Morgan fingerprint density at radius 3 is 2.33 bits per heavy atom. The minimum absolute atomic E-state index is 0.0856. The van der Waals surface area contributed by atoms with E-state index in [0.29, 0.717) is 28.0 Å². The van der Waals surface area contributed by atoms with Crippen LogP contribution in [-0.2, 0) is 17.8 Å². The third-order valence-corrected chi connectivity index (χ3v) is 7.30. The van der Waals surface area contributed by atoms with Gasteiger partial charge in [0.25, 0.3) is 0 Å². The van der Waals surface area contributed by atoms with E-state index < -0.39 is 11.4 Å². The average molecular weight is 466 g/mol. The molecule has 0 saturated heterocycles. The van der Waals surface area contributed by atoms with Crippen molar-refractivity contribution in [3.05, 3.63) is 69.9 Å². The van der Waals surface area contributed by atoms with Crippen LogP contribution in [0.25, 0.3) is 10.9 Å². The quantitative estimate of drug-likeness (QED) is 0.361. The maximum Gasteiger partial charge on any atom is 0.309 e. The van der Waals surface area contributed by atoms with Gasteiger partial charge in [0.05, 0.1) is 11.0 Å². The molecule has 4 nitrogen and oxygen atoms in total. The fourth-order valence-electron chi connectivity index (χ4n) is 4.60. The summed E-state index contributed by atoms with van der Waals surface area (Å²) in [6.45, 7) is 8.60. The fraction of sp³-hybridized carbons (Fsp3) is 0.429. The molecule has 3 aromatic rings. The van der Waals surface area contributed by atoms with E-state index in [4.69, 9.17) is 11.6 Å². The highest BCUT2D eigenvalue weighted by Gasteiger charge is 2.34. The van der Waals surface area contributed by atoms with Crippen molar-refractivity contribution in [2.24, 2.45) is 11.3 Å². The van der Waals surface area contributed by atoms with Gasteiger partial charge in [-0.25, -0.2) is 0 Å². The molecule has 0 aliphatic heterocycles. The van der Waals surface area contributed by atoms with Crippen molar-refractivity contribution in [2.75, 3.05) is 0 Å². The molecule has 1 N–H and O–H groups in total. The molecule has 1 aliphatic rings. The van der Waals surface area contributed by atoms with Gasteiger partial charge in [0.1, 0.15) is 0 Å². The van der Waals surface area contributed by atoms with E-state index >= 15 is 0 Å². The fourth-order valence-corrected chi connectivity index (χ4v) is 4.72. The second-order valence-electron chi connectivity index (χ2n) is 10.4. The number of hydrogen-bond acceptors (Lipinski definition) is 2. The lowest BCUT2D eigenvalue weighted by Gasteiger charge is -2.29. The van der Waals surface area contributed by atoms with E-state index in [1.165, 1.54) is 24.8 Å². The van der Waals surface area contributed by atoms with Crippen LogP contribution in [0.1, 0.15) is 80.1 Å². The van der Waals surface area contributed by atoms with Gasteiger partial charge in [-0.2, -0.15) is 0 Å². The lowest BCUT2D eigenvalue weighted by atomic mass is 9.84. The molecule has 0 unspecified atom stereocenters. The number of carbonyl (C=O) groups excluding carboxylic acids is 1. The molecule has 0 radical (unpaired) electrons. The Kier molecular flexibility index (Phi) is 6.41. The van der Waals surface area contributed by atoms with Crippen molar-refractivity contribution in [3.8, 4) is 0 Å². The van der Waals surface area contributed by atoms with Crippen LogP contribution in [0.3, 0.4) is 0 Å². The Labute approximate surface area is 200 Å². The highest BCUT2D eigenvalue weighted by atomic mass is 35.5. The average Bonchev–Trinajstić information content (AvgIpc) is 3.02. The van der Waals surface area contributed by atoms with E-state index in [0.717, 1.165) is 23.1 Å². The van der Waals surface area contributed by atoms with Crippen LogP contribution in [-0.4, -0.2) is 21.4 Å².